The second-order valence-electron chi connectivity index (χ2n) is 9.69. The van der Waals surface area contributed by atoms with E-state index in [1.165, 1.54) is 17.0 Å². The Labute approximate surface area is 227 Å². The number of hydrogen-bond acceptors (Lipinski definition) is 7. The molecule has 0 spiro atoms. The fraction of sp³-hybridized carbons (Fsp3) is 0.290. The van der Waals surface area contributed by atoms with Gasteiger partial charge in [0.25, 0.3) is 11.7 Å². The number of aliphatic hydroxyl groups excluding tert-OH is 1. The largest absolute Gasteiger partial charge is 0.508 e. The van der Waals surface area contributed by atoms with Gasteiger partial charge in [0.2, 0.25) is 0 Å². The third-order valence-corrected chi connectivity index (χ3v) is 7.10. The first-order valence-corrected chi connectivity index (χ1v) is 13.2. The van der Waals surface area contributed by atoms with E-state index in [1.54, 1.807) is 36.4 Å². The number of nitrogens with zero attached hydrogens (tertiary/aromatic N) is 2. The molecule has 2 saturated heterocycles. The fourth-order valence-corrected chi connectivity index (χ4v) is 5.01. The lowest BCUT2D eigenvalue weighted by Crippen LogP contribution is -2.38. The quantitative estimate of drug-likeness (QED) is 0.245. The molecule has 0 radical (unpaired) electrons. The number of benzene rings is 3. The average molecular weight is 529 g/mol. The SMILES string of the molecule is O=C1C(=O)N(CCCN2CCOCC2)C(c2ccc(O)cc2)/C1=C(\O)c1ccc(OCc2ccccc2)cc1. The maximum atomic E-state index is 13.3. The van der Waals surface area contributed by atoms with Gasteiger partial charge in [0.05, 0.1) is 24.8 Å². The number of ketones is 1. The van der Waals surface area contributed by atoms with Gasteiger partial charge in [-0.05, 0) is 53.9 Å². The molecular formula is C31H32N2O6. The van der Waals surface area contributed by atoms with Crippen LogP contribution in [-0.2, 0) is 20.9 Å². The van der Waals surface area contributed by atoms with Crippen molar-refractivity contribution in [1.82, 2.24) is 9.80 Å². The van der Waals surface area contributed by atoms with Crippen molar-refractivity contribution in [2.24, 2.45) is 0 Å². The molecule has 2 heterocycles. The summed E-state index contributed by atoms with van der Waals surface area (Å²) in [6.45, 7) is 4.59. The zero-order chi connectivity index (χ0) is 27.2. The van der Waals surface area contributed by atoms with Crippen LogP contribution in [0.1, 0.15) is 29.2 Å². The summed E-state index contributed by atoms with van der Waals surface area (Å²) in [7, 11) is 0. The highest BCUT2D eigenvalue weighted by Crippen LogP contribution is 2.40. The van der Waals surface area contributed by atoms with Crippen LogP contribution in [0.3, 0.4) is 0 Å². The van der Waals surface area contributed by atoms with Crippen molar-refractivity contribution in [3.8, 4) is 11.5 Å². The summed E-state index contributed by atoms with van der Waals surface area (Å²) in [5, 5.41) is 21.1. The van der Waals surface area contributed by atoms with Crippen molar-refractivity contribution < 1.29 is 29.3 Å². The van der Waals surface area contributed by atoms with Gasteiger partial charge in [0, 0.05) is 31.7 Å². The number of phenolic OH excluding ortho intramolecular Hbond substituents is 1. The van der Waals surface area contributed by atoms with E-state index in [4.69, 9.17) is 9.47 Å². The number of rotatable bonds is 9. The van der Waals surface area contributed by atoms with Gasteiger partial charge in [-0.2, -0.15) is 0 Å². The normalized spacial score (nSPS) is 19.4. The van der Waals surface area contributed by atoms with Gasteiger partial charge in [-0.3, -0.25) is 14.5 Å². The Hall–Kier alpha value is -4.14. The third kappa shape index (κ3) is 6.13. The molecule has 0 bridgehead atoms. The van der Waals surface area contributed by atoms with Crippen LogP contribution in [-0.4, -0.2) is 71.1 Å². The molecule has 2 fully saturated rings. The number of amides is 1. The van der Waals surface area contributed by atoms with E-state index in [0.29, 0.717) is 49.7 Å². The van der Waals surface area contributed by atoms with Gasteiger partial charge < -0.3 is 24.6 Å². The van der Waals surface area contributed by atoms with E-state index in [2.05, 4.69) is 4.90 Å². The summed E-state index contributed by atoms with van der Waals surface area (Å²) in [5.74, 6) is -0.902. The molecule has 2 N–H and O–H groups in total. The minimum absolute atomic E-state index is 0.0371. The van der Waals surface area contributed by atoms with Crippen LogP contribution in [0, 0.1) is 0 Å². The van der Waals surface area contributed by atoms with Crippen molar-refractivity contribution in [3.05, 3.63) is 101 Å². The second-order valence-corrected chi connectivity index (χ2v) is 9.69. The summed E-state index contributed by atoms with van der Waals surface area (Å²) < 4.78 is 11.2. The Morgan fingerprint density at radius 1 is 0.897 bits per heavy atom. The summed E-state index contributed by atoms with van der Waals surface area (Å²) in [5.41, 5.74) is 2.13. The number of carbonyl (C=O) groups excluding carboxylic acids is 2. The molecule has 8 heteroatoms. The molecule has 3 aromatic rings. The smallest absolute Gasteiger partial charge is 0.295 e. The van der Waals surface area contributed by atoms with E-state index in [9.17, 15) is 19.8 Å². The van der Waals surface area contributed by atoms with Gasteiger partial charge in [-0.25, -0.2) is 0 Å². The highest BCUT2D eigenvalue weighted by molar-refractivity contribution is 6.46. The van der Waals surface area contributed by atoms with E-state index in [0.717, 1.165) is 25.2 Å². The monoisotopic (exact) mass is 528 g/mol. The van der Waals surface area contributed by atoms with Gasteiger partial charge in [0.1, 0.15) is 23.9 Å². The number of aliphatic hydroxyl groups is 1. The average Bonchev–Trinajstić information content (AvgIpc) is 3.22. The topological polar surface area (TPSA) is 99.5 Å². The maximum Gasteiger partial charge on any atom is 0.295 e. The first-order valence-electron chi connectivity index (χ1n) is 13.2. The number of hydrogen-bond donors (Lipinski definition) is 2. The summed E-state index contributed by atoms with van der Waals surface area (Å²) >= 11 is 0. The zero-order valence-electron chi connectivity index (χ0n) is 21.7. The number of likely N-dealkylation sites (tertiary alicyclic amines) is 1. The Bertz CT molecular complexity index is 1320. The van der Waals surface area contributed by atoms with Crippen molar-refractivity contribution in [2.45, 2.75) is 19.1 Å². The molecule has 0 aliphatic carbocycles. The number of morpholine rings is 1. The van der Waals surface area contributed by atoms with Crippen LogP contribution in [0.4, 0.5) is 0 Å². The van der Waals surface area contributed by atoms with Crippen molar-refractivity contribution in [2.75, 3.05) is 39.4 Å². The molecule has 2 aliphatic heterocycles. The fourth-order valence-electron chi connectivity index (χ4n) is 5.01. The lowest BCUT2D eigenvalue weighted by atomic mass is 9.95. The molecule has 0 saturated carbocycles. The van der Waals surface area contributed by atoms with Gasteiger partial charge in [0.15, 0.2) is 0 Å². The Kier molecular flexibility index (Phi) is 8.24. The Balaban J connectivity index is 1.38. The Morgan fingerprint density at radius 2 is 1.59 bits per heavy atom. The molecule has 5 rings (SSSR count). The van der Waals surface area contributed by atoms with Crippen LogP contribution >= 0.6 is 0 Å². The minimum Gasteiger partial charge on any atom is -0.508 e. The summed E-state index contributed by atoms with van der Waals surface area (Å²) in [6.07, 6.45) is 0.676. The third-order valence-electron chi connectivity index (χ3n) is 7.10. The van der Waals surface area contributed by atoms with E-state index >= 15 is 0 Å². The number of ether oxygens (including phenoxy) is 2. The highest BCUT2D eigenvalue weighted by atomic mass is 16.5. The molecule has 2 aliphatic rings. The standard InChI is InChI=1S/C31H32N2O6/c34-25-11-7-23(8-12-25)28-27(30(36)31(37)33(28)16-4-15-32-17-19-38-20-18-32)29(35)24-9-13-26(14-10-24)39-21-22-5-2-1-3-6-22/h1-3,5-14,28,34-35H,4,15-21H2/b29-27+. The number of aromatic hydroxyl groups is 1. The van der Waals surface area contributed by atoms with Crippen LogP contribution in [0.15, 0.2) is 84.4 Å². The predicted molar refractivity (Wildman–Crippen MR) is 146 cm³/mol. The van der Waals surface area contributed by atoms with Crippen LogP contribution in [0.25, 0.3) is 5.76 Å². The molecule has 0 aromatic heterocycles. The minimum atomic E-state index is -0.760. The number of carbonyl (C=O) groups is 2. The van der Waals surface area contributed by atoms with Gasteiger partial charge in [-0.1, -0.05) is 42.5 Å². The number of phenols is 1. The van der Waals surface area contributed by atoms with Crippen molar-refractivity contribution in [1.29, 1.82) is 0 Å². The van der Waals surface area contributed by atoms with Crippen LogP contribution in [0.2, 0.25) is 0 Å². The van der Waals surface area contributed by atoms with Crippen LogP contribution in [0.5, 0.6) is 11.5 Å². The van der Waals surface area contributed by atoms with Crippen molar-refractivity contribution >= 4 is 17.4 Å². The molecule has 202 valence electrons. The molecular weight excluding hydrogens is 496 g/mol. The van der Waals surface area contributed by atoms with Gasteiger partial charge in [-0.15, -0.1) is 0 Å². The predicted octanol–water partition coefficient (Wildman–Crippen LogP) is 4.12. The maximum absolute atomic E-state index is 13.3. The number of Topliss-reactive ketones (excluding diaryl/α,β-unsaturated/α-hetero) is 1. The van der Waals surface area contributed by atoms with Crippen LogP contribution < -0.4 is 4.74 Å². The first-order chi connectivity index (χ1) is 19.0. The molecule has 1 unspecified atom stereocenters. The molecule has 8 nitrogen and oxygen atoms in total. The summed E-state index contributed by atoms with van der Waals surface area (Å²) in [4.78, 5) is 30.2. The Morgan fingerprint density at radius 3 is 2.28 bits per heavy atom. The van der Waals surface area contributed by atoms with Crippen molar-refractivity contribution in [3.63, 3.8) is 0 Å². The summed E-state index contributed by atoms with van der Waals surface area (Å²) in [6, 6.07) is 22.2. The lowest BCUT2D eigenvalue weighted by molar-refractivity contribution is -0.140. The zero-order valence-corrected chi connectivity index (χ0v) is 21.7. The molecule has 3 aromatic carbocycles. The highest BCUT2D eigenvalue weighted by Gasteiger charge is 2.45. The van der Waals surface area contributed by atoms with E-state index < -0.39 is 17.7 Å². The first kappa shape index (κ1) is 26.5. The lowest BCUT2D eigenvalue weighted by Gasteiger charge is -2.29. The second kappa shape index (κ2) is 12.1. The molecule has 1 atom stereocenters. The molecule has 39 heavy (non-hydrogen) atoms. The van der Waals surface area contributed by atoms with Gasteiger partial charge >= 0.3 is 0 Å². The van der Waals surface area contributed by atoms with E-state index in [-0.39, 0.29) is 17.1 Å². The molecule has 1 amide bonds. The van der Waals surface area contributed by atoms with E-state index in [1.807, 2.05) is 30.3 Å².